The standard InChI is InChI=1S/C16H31NO2/c1-7-17(10-12(2)14(18)19)13-8-15(3,4)11-16(5,6)9-13/h12-13H,7-11H2,1-6H3,(H,18,19). The van der Waals surface area contributed by atoms with Crippen LogP contribution in [0.4, 0.5) is 0 Å². The third-order valence-electron chi connectivity index (χ3n) is 4.39. The lowest BCUT2D eigenvalue weighted by Crippen LogP contribution is -2.48. The van der Waals surface area contributed by atoms with Gasteiger partial charge in [-0.1, -0.05) is 41.5 Å². The van der Waals surface area contributed by atoms with Crippen molar-refractivity contribution in [1.29, 1.82) is 0 Å². The lowest BCUT2D eigenvalue weighted by Gasteiger charge is -2.48. The molecular weight excluding hydrogens is 238 g/mol. The molecule has 112 valence electrons. The van der Waals surface area contributed by atoms with Gasteiger partial charge >= 0.3 is 5.97 Å². The van der Waals surface area contributed by atoms with Gasteiger partial charge in [-0.2, -0.15) is 0 Å². The SMILES string of the molecule is CCN(CC(C)C(=O)O)C1CC(C)(C)CC(C)(C)C1. The van der Waals surface area contributed by atoms with Crippen LogP contribution in [0.5, 0.6) is 0 Å². The number of carboxylic acid groups (broad SMARTS) is 1. The van der Waals surface area contributed by atoms with Crippen LogP contribution < -0.4 is 0 Å². The Labute approximate surface area is 118 Å². The van der Waals surface area contributed by atoms with Gasteiger partial charge in [0.25, 0.3) is 0 Å². The summed E-state index contributed by atoms with van der Waals surface area (Å²) in [6, 6.07) is 0.519. The fourth-order valence-corrected chi connectivity index (χ4v) is 4.01. The Hall–Kier alpha value is -0.570. The molecule has 3 nitrogen and oxygen atoms in total. The molecule has 0 amide bonds. The van der Waals surface area contributed by atoms with E-state index in [4.69, 9.17) is 5.11 Å². The Balaban J connectivity index is 2.77. The van der Waals surface area contributed by atoms with Crippen LogP contribution in [-0.4, -0.2) is 35.1 Å². The molecule has 1 saturated carbocycles. The zero-order chi connectivity index (χ0) is 14.8. The number of nitrogens with zero attached hydrogens (tertiary/aromatic N) is 1. The summed E-state index contributed by atoms with van der Waals surface area (Å²) in [7, 11) is 0. The lowest BCUT2D eigenvalue weighted by atomic mass is 9.63. The highest BCUT2D eigenvalue weighted by Gasteiger charge is 2.40. The van der Waals surface area contributed by atoms with Crippen LogP contribution in [0.3, 0.4) is 0 Å². The predicted octanol–water partition coefficient (Wildman–Crippen LogP) is 3.63. The fraction of sp³-hybridized carbons (Fsp3) is 0.938. The number of hydrogen-bond donors (Lipinski definition) is 1. The molecule has 1 rings (SSSR count). The van der Waals surface area contributed by atoms with Crippen molar-refractivity contribution in [3.63, 3.8) is 0 Å². The van der Waals surface area contributed by atoms with Crippen molar-refractivity contribution in [1.82, 2.24) is 4.90 Å². The van der Waals surface area contributed by atoms with E-state index in [0.29, 0.717) is 23.4 Å². The summed E-state index contributed by atoms with van der Waals surface area (Å²) >= 11 is 0. The molecule has 0 aromatic heterocycles. The van der Waals surface area contributed by atoms with Crippen LogP contribution in [0.25, 0.3) is 0 Å². The first-order valence-electron chi connectivity index (χ1n) is 7.53. The van der Waals surface area contributed by atoms with Crippen LogP contribution in [0, 0.1) is 16.7 Å². The van der Waals surface area contributed by atoms with Gasteiger partial charge in [0.15, 0.2) is 0 Å². The van der Waals surface area contributed by atoms with Gasteiger partial charge in [-0.25, -0.2) is 0 Å². The minimum atomic E-state index is -0.687. The van der Waals surface area contributed by atoms with Crippen LogP contribution in [0.2, 0.25) is 0 Å². The van der Waals surface area contributed by atoms with Gasteiger partial charge in [0, 0.05) is 12.6 Å². The van der Waals surface area contributed by atoms with E-state index in [9.17, 15) is 4.79 Å². The molecule has 1 N–H and O–H groups in total. The summed E-state index contributed by atoms with van der Waals surface area (Å²) in [6.45, 7) is 14.9. The molecular formula is C16H31NO2. The molecule has 1 fully saturated rings. The minimum absolute atomic E-state index is 0.284. The van der Waals surface area contributed by atoms with E-state index < -0.39 is 5.97 Å². The number of carbonyl (C=O) groups is 1. The van der Waals surface area contributed by atoms with Crippen LogP contribution in [0.15, 0.2) is 0 Å². The quantitative estimate of drug-likeness (QED) is 0.828. The second-order valence-corrected chi connectivity index (χ2v) is 7.89. The Kier molecular flexibility index (Phi) is 5.05. The highest BCUT2D eigenvalue weighted by atomic mass is 16.4. The highest BCUT2D eigenvalue weighted by molar-refractivity contribution is 5.69. The number of rotatable bonds is 5. The fourth-order valence-electron chi connectivity index (χ4n) is 4.01. The van der Waals surface area contributed by atoms with Gasteiger partial charge in [0.2, 0.25) is 0 Å². The van der Waals surface area contributed by atoms with Crippen molar-refractivity contribution < 1.29 is 9.90 Å². The van der Waals surface area contributed by atoms with Gasteiger partial charge in [-0.3, -0.25) is 9.69 Å². The summed E-state index contributed by atoms with van der Waals surface area (Å²) < 4.78 is 0. The van der Waals surface area contributed by atoms with Gasteiger partial charge in [0.1, 0.15) is 0 Å². The normalized spacial score (nSPS) is 24.4. The molecule has 0 saturated heterocycles. The van der Waals surface area contributed by atoms with Crippen molar-refractivity contribution in [2.24, 2.45) is 16.7 Å². The summed E-state index contributed by atoms with van der Waals surface area (Å²) in [5.41, 5.74) is 0.707. The summed E-state index contributed by atoms with van der Waals surface area (Å²) in [4.78, 5) is 13.4. The van der Waals surface area contributed by atoms with E-state index in [1.807, 2.05) is 6.92 Å². The van der Waals surface area contributed by atoms with Crippen LogP contribution >= 0.6 is 0 Å². The highest BCUT2D eigenvalue weighted by Crippen LogP contribution is 2.47. The smallest absolute Gasteiger partial charge is 0.307 e. The Morgan fingerprint density at radius 3 is 2.11 bits per heavy atom. The first-order valence-corrected chi connectivity index (χ1v) is 7.53. The summed E-state index contributed by atoms with van der Waals surface area (Å²) in [6.07, 6.45) is 3.61. The maximum atomic E-state index is 11.1. The van der Waals surface area contributed by atoms with Gasteiger partial charge in [-0.15, -0.1) is 0 Å². The lowest BCUT2D eigenvalue weighted by molar-refractivity contribution is -0.142. The van der Waals surface area contributed by atoms with Crippen molar-refractivity contribution >= 4 is 5.97 Å². The Morgan fingerprint density at radius 1 is 1.26 bits per heavy atom. The van der Waals surface area contributed by atoms with E-state index in [1.165, 1.54) is 19.3 Å². The van der Waals surface area contributed by atoms with Crippen molar-refractivity contribution in [2.45, 2.75) is 66.8 Å². The topological polar surface area (TPSA) is 40.5 Å². The van der Waals surface area contributed by atoms with Crippen molar-refractivity contribution in [3.05, 3.63) is 0 Å². The minimum Gasteiger partial charge on any atom is -0.481 e. The molecule has 0 aromatic carbocycles. The molecule has 0 aliphatic heterocycles. The van der Waals surface area contributed by atoms with Gasteiger partial charge < -0.3 is 5.11 Å². The monoisotopic (exact) mass is 269 g/mol. The molecule has 0 aromatic rings. The maximum absolute atomic E-state index is 11.1. The van der Waals surface area contributed by atoms with Gasteiger partial charge in [0.05, 0.1) is 5.92 Å². The van der Waals surface area contributed by atoms with E-state index in [1.54, 1.807) is 0 Å². The number of carboxylic acids is 1. The van der Waals surface area contributed by atoms with E-state index in [0.717, 1.165) is 6.54 Å². The second kappa shape index (κ2) is 5.82. The predicted molar refractivity (Wildman–Crippen MR) is 79.2 cm³/mol. The molecule has 1 atom stereocenters. The molecule has 19 heavy (non-hydrogen) atoms. The van der Waals surface area contributed by atoms with E-state index in [2.05, 4.69) is 39.5 Å². The second-order valence-electron chi connectivity index (χ2n) is 7.89. The molecule has 0 heterocycles. The summed E-state index contributed by atoms with van der Waals surface area (Å²) in [5.74, 6) is -0.971. The van der Waals surface area contributed by atoms with E-state index >= 15 is 0 Å². The average Bonchev–Trinajstić information content (AvgIpc) is 2.20. The zero-order valence-electron chi connectivity index (χ0n) is 13.5. The van der Waals surface area contributed by atoms with Crippen LogP contribution in [-0.2, 0) is 4.79 Å². The Bertz CT molecular complexity index is 307. The maximum Gasteiger partial charge on any atom is 0.307 e. The van der Waals surface area contributed by atoms with Gasteiger partial charge in [-0.05, 0) is 36.6 Å². The number of hydrogen-bond acceptors (Lipinski definition) is 2. The first kappa shape index (κ1) is 16.5. The largest absolute Gasteiger partial charge is 0.481 e. The molecule has 0 bridgehead atoms. The zero-order valence-corrected chi connectivity index (χ0v) is 13.5. The van der Waals surface area contributed by atoms with E-state index in [-0.39, 0.29) is 5.92 Å². The molecule has 1 aliphatic rings. The third-order valence-corrected chi connectivity index (χ3v) is 4.39. The molecule has 0 spiro atoms. The molecule has 1 unspecified atom stereocenters. The molecule has 3 heteroatoms. The third kappa shape index (κ3) is 4.79. The van der Waals surface area contributed by atoms with Crippen molar-refractivity contribution in [2.75, 3.05) is 13.1 Å². The van der Waals surface area contributed by atoms with Crippen molar-refractivity contribution in [3.8, 4) is 0 Å². The average molecular weight is 269 g/mol. The Morgan fingerprint density at radius 2 is 1.74 bits per heavy atom. The first-order chi connectivity index (χ1) is 8.56. The molecule has 1 aliphatic carbocycles. The van der Waals surface area contributed by atoms with Crippen LogP contribution in [0.1, 0.15) is 60.8 Å². The number of aliphatic carboxylic acids is 1. The molecule has 0 radical (unpaired) electrons. The summed E-state index contributed by atoms with van der Waals surface area (Å²) in [5, 5.41) is 9.10.